The molecule has 129 heavy (non-hydrogen) atoms. The average molecular weight is 1660 g/mol. The molecule has 0 unspecified atom stereocenters. The van der Waals surface area contributed by atoms with Crippen LogP contribution < -0.4 is 20.7 Å². The fourth-order valence-electron chi connectivity index (χ4n) is 21.3. The Balaban J connectivity index is 0.000000148. The highest BCUT2D eigenvalue weighted by molar-refractivity contribution is 7.20. The van der Waals surface area contributed by atoms with Crippen LogP contribution in [0.4, 0.5) is 5.69 Å². The first-order chi connectivity index (χ1) is 63.4. The molecule has 606 valence electrons. The van der Waals surface area contributed by atoms with Gasteiger partial charge in [0.25, 0.3) is 0 Å². The molecule has 1 aliphatic rings. The van der Waals surface area contributed by atoms with Gasteiger partial charge in [0.05, 0.1) is 56.1 Å². The van der Waals surface area contributed by atoms with Gasteiger partial charge in [-0.25, -0.2) is 4.85 Å². The van der Waals surface area contributed by atoms with Gasteiger partial charge in [-0.05, 0) is 226 Å². The Morgan fingerprint density at radius 2 is 0.496 bits per heavy atom. The van der Waals surface area contributed by atoms with Crippen LogP contribution in [0.5, 0.6) is 0 Å². The molecule has 4 heterocycles. The van der Waals surface area contributed by atoms with Crippen molar-refractivity contribution >= 4 is 122 Å². The number of aromatic nitrogens is 4. The zero-order valence-corrected chi connectivity index (χ0v) is 71.0. The lowest BCUT2D eigenvalue weighted by Gasteiger charge is -2.34. The van der Waals surface area contributed by atoms with Crippen molar-refractivity contribution in [1.29, 1.82) is 0 Å². The molecule has 0 bridgehead atoms. The van der Waals surface area contributed by atoms with Crippen LogP contribution in [0, 0.1) is 6.57 Å². The predicted octanol–water partition coefficient (Wildman–Crippen LogP) is 29.4. The number of nitrogens with zero attached hydrogens (tertiary/aromatic N) is 5. The van der Waals surface area contributed by atoms with Crippen LogP contribution in [0.2, 0.25) is 0 Å². The molecule has 0 fully saturated rings. The van der Waals surface area contributed by atoms with Crippen molar-refractivity contribution in [2.45, 2.75) is 12.8 Å². The van der Waals surface area contributed by atoms with E-state index in [0.717, 1.165) is 28.1 Å². The molecule has 20 aromatic carbocycles. The second-order valence-corrected chi connectivity index (χ2v) is 37.4. The van der Waals surface area contributed by atoms with Crippen LogP contribution in [0.25, 0.3) is 170 Å². The van der Waals surface area contributed by atoms with E-state index in [4.69, 9.17) is 6.57 Å². The third-order valence-corrected chi connectivity index (χ3v) is 31.6. The largest absolute Gasteiger partial charge is 0.311 e. The van der Waals surface area contributed by atoms with E-state index in [1.807, 2.05) is 18.2 Å². The molecule has 25 rings (SSSR count). The van der Waals surface area contributed by atoms with Crippen molar-refractivity contribution in [2.24, 2.45) is 0 Å². The van der Waals surface area contributed by atoms with Crippen molar-refractivity contribution in [3.63, 3.8) is 0 Å². The normalized spacial score (nSPS) is 12.2. The fraction of sp³-hybridized carbons (Fsp3) is 0.0163. The second-order valence-electron chi connectivity index (χ2n) is 33.6. The lowest BCUT2D eigenvalue weighted by molar-refractivity contribution is 0.768. The Bertz CT molecular complexity index is 8350. The molecule has 0 N–H and O–H groups in total. The van der Waals surface area contributed by atoms with Crippen molar-refractivity contribution in [1.82, 2.24) is 18.3 Å². The Labute approximate surface area is 751 Å². The fourth-order valence-corrected chi connectivity index (χ4v) is 26.1. The molecule has 0 radical (unpaired) electrons. The van der Waals surface area contributed by atoms with E-state index >= 15 is 0 Å². The minimum absolute atomic E-state index is 0. The van der Waals surface area contributed by atoms with Gasteiger partial charge >= 0.3 is 0 Å². The molecule has 5 nitrogen and oxygen atoms in total. The lowest BCUT2D eigenvalue weighted by Crippen LogP contribution is -2.74. The first-order valence-corrected chi connectivity index (χ1v) is 46.0. The third kappa shape index (κ3) is 12.6. The van der Waals surface area contributed by atoms with E-state index in [1.54, 1.807) is 0 Å². The lowest BCUT2D eigenvalue weighted by atomic mass is 9.68. The summed E-state index contributed by atoms with van der Waals surface area (Å²) in [7, 11) is -2.67. The highest BCUT2D eigenvalue weighted by Gasteiger charge is 2.47. The first kappa shape index (κ1) is 77.1. The van der Waals surface area contributed by atoms with E-state index in [9.17, 15) is 0 Å². The molecule has 0 amide bonds. The maximum Gasteiger partial charge on any atom is 0.189 e. The van der Waals surface area contributed by atoms with Crippen LogP contribution in [-0.2, 0) is 5.41 Å². The van der Waals surface area contributed by atoms with Crippen LogP contribution in [0.1, 0.15) is 29.7 Å². The van der Waals surface area contributed by atoms with Crippen molar-refractivity contribution in [2.75, 3.05) is 0 Å². The summed E-state index contributed by atoms with van der Waals surface area (Å²) in [4.78, 5) is 3.71. The van der Waals surface area contributed by atoms with Gasteiger partial charge < -0.3 is 18.3 Å². The van der Waals surface area contributed by atoms with E-state index in [2.05, 4.69) is 496 Å². The highest BCUT2D eigenvalue weighted by atomic mass is 28.3. The molecule has 0 atom stereocenters. The van der Waals surface area contributed by atoms with Gasteiger partial charge in [0.2, 0.25) is 0 Å². The van der Waals surface area contributed by atoms with Gasteiger partial charge in [-0.1, -0.05) is 371 Å². The molecule has 1 aliphatic carbocycles. The molecule has 6 heteroatoms. The Hall–Kier alpha value is -16.7. The van der Waals surface area contributed by atoms with Gasteiger partial charge in [-0.15, -0.1) is 0 Å². The molecule has 0 spiro atoms. The van der Waals surface area contributed by atoms with E-state index in [1.165, 1.54) is 181 Å². The molecule has 0 saturated carbocycles. The summed E-state index contributed by atoms with van der Waals surface area (Å²) in [5, 5.41) is 15.3. The SMILES string of the molecule is C.[C-]#[N+]c1cccc(-n2c3ccccc3c3cc(-c4ccc5c(c4)c4ccccc4n5-c4ccc5c(c4)-c4ccccc4C5(c4ccccc4)c4ccccc4)ccc32)c1.c1ccc(-n2c3ccccc3c3cc(-c4ccc5c(c4)c4ccccc4n5-c4ccc(-c5cccc(-c6cccc([Si](c7ccccc7)(c7ccccc7)c7ccccc7)c6)c5)cc4)ccc32)cc1. The summed E-state index contributed by atoms with van der Waals surface area (Å²) in [5.74, 6) is 0. The molecular weight excluding hydrogens is 1580 g/mol. The third-order valence-electron chi connectivity index (χ3n) is 26.9. The van der Waals surface area contributed by atoms with Crippen molar-refractivity contribution < 1.29 is 0 Å². The van der Waals surface area contributed by atoms with Crippen LogP contribution in [0.15, 0.2) is 491 Å². The maximum absolute atomic E-state index is 7.62. The summed E-state index contributed by atoms with van der Waals surface area (Å²) < 4.78 is 9.51. The molecule has 24 aromatic rings. The van der Waals surface area contributed by atoms with Gasteiger partial charge in [0.15, 0.2) is 13.8 Å². The average Bonchev–Trinajstić information content (AvgIpc) is 1.36. The zero-order valence-electron chi connectivity index (χ0n) is 70.0. The minimum Gasteiger partial charge on any atom is -0.311 e. The predicted molar refractivity (Wildman–Crippen MR) is 546 cm³/mol. The molecular formula is C123H85N5Si. The van der Waals surface area contributed by atoms with E-state index in [-0.39, 0.29) is 7.43 Å². The van der Waals surface area contributed by atoms with Gasteiger partial charge in [-0.2, -0.15) is 0 Å². The number of fused-ring (bicyclic) bond motifs is 15. The topological polar surface area (TPSA) is 24.1 Å². The number of benzene rings is 20. The van der Waals surface area contributed by atoms with Gasteiger partial charge in [0.1, 0.15) is 0 Å². The van der Waals surface area contributed by atoms with E-state index in [0.29, 0.717) is 5.69 Å². The number of para-hydroxylation sites is 5. The minimum atomic E-state index is -2.67. The second kappa shape index (κ2) is 31.8. The number of rotatable bonds is 14. The monoisotopic (exact) mass is 1660 g/mol. The van der Waals surface area contributed by atoms with Gasteiger partial charge in [0, 0.05) is 65.8 Å². The first-order valence-electron chi connectivity index (χ1n) is 44.0. The van der Waals surface area contributed by atoms with Crippen molar-refractivity contribution in [3.8, 4) is 78.4 Å². The quantitative estimate of drug-likeness (QED) is 0.0589. The number of hydrogen-bond acceptors (Lipinski definition) is 0. The summed E-state index contributed by atoms with van der Waals surface area (Å²) in [5.41, 5.74) is 31.3. The summed E-state index contributed by atoms with van der Waals surface area (Å²) in [6, 6.07) is 180. The van der Waals surface area contributed by atoms with E-state index < -0.39 is 13.5 Å². The Morgan fingerprint density at radius 1 is 0.194 bits per heavy atom. The van der Waals surface area contributed by atoms with Gasteiger partial charge in [-0.3, -0.25) is 0 Å². The van der Waals surface area contributed by atoms with Crippen LogP contribution in [-0.4, -0.2) is 26.3 Å². The maximum atomic E-state index is 7.62. The molecule has 4 aromatic heterocycles. The summed E-state index contributed by atoms with van der Waals surface area (Å²) in [6.07, 6.45) is 0. The molecule has 0 aliphatic heterocycles. The molecule has 0 saturated heterocycles. The zero-order chi connectivity index (χ0) is 84.8. The summed E-state index contributed by atoms with van der Waals surface area (Å²) in [6.45, 7) is 7.62. The Kier molecular flexibility index (Phi) is 19.0. The summed E-state index contributed by atoms with van der Waals surface area (Å²) >= 11 is 0. The number of hydrogen-bond donors (Lipinski definition) is 0. The highest BCUT2D eigenvalue weighted by Crippen LogP contribution is 2.57. The van der Waals surface area contributed by atoms with Crippen LogP contribution in [0.3, 0.4) is 0 Å². The smallest absolute Gasteiger partial charge is 0.189 e. The Morgan fingerprint density at radius 3 is 0.946 bits per heavy atom. The standard InChI is InChI=1S/C66H46N2Si.C56H35N3.CH4/c1-5-22-53(23-6-1)67-63-33-15-13-31-59(63)61-45-51(37-41-65(61)67)52-38-42-66-62(46-52)60-32-14-16-34-64(60)68(66)54-39-35-47(36-40-54)48-19-17-20-49(43-48)50-21-18-30-58(44-50)69(55-24-7-2-8-25-55,56-26-9-3-10-27-56)57-28-11-4-12-29-57;1-57-41-19-14-20-42(35-41)58-52-25-12-9-22-45(52)48-33-37(27-31-54(48)58)38-28-32-55-49(34-38)46-23-10-13-26-53(46)59(55)43-29-30-51-47(36-43)44-21-8-11-24-50(44)56(51,39-15-4-2-5-16-39)40-17-6-3-7-18-40;/h1-46H;2-36H;1H4. The van der Waals surface area contributed by atoms with Crippen molar-refractivity contribution in [3.05, 3.63) is 525 Å². The van der Waals surface area contributed by atoms with Crippen LogP contribution >= 0.6 is 0 Å².